The van der Waals surface area contributed by atoms with E-state index >= 15 is 0 Å². The summed E-state index contributed by atoms with van der Waals surface area (Å²) in [5.74, 6) is -0.0599. The van der Waals surface area contributed by atoms with Crippen LogP contribution in [0.5, 0.6) is 5.75 Å². The van der Waals surface area contributed by atoms with Crippen LogP contribution in [0.25, 0.3) is 16.8 Å². The number of ether oxygens (including phenoxy) is 1. The van der Waals surface area contributed by atoms with Crippen LogP contribution in [0.1, 0.15) is 16.1 Å². The topological polar surface area (TPSA) is 116 Å². The van der Waals surface area contributed by atoms with Crippen LogP contribution in [-0.2, 0) is 10.0 Å². The zero-order chi connectivity index (χ0) is 23.6. The first-order valence-electron chi connectivity index (χ1n) is 9.99. The Morgan fingerprint density at radius 1 is 1.06 bits per heavy atom. The number of anilines is 1. The number of hydrogen-bond acceptors (Lipinski definition) is 5. The lowest BCUT2D eigenvalue weighted by Gasteiger charge is -2.15. The van der Waals surface area contributed by atoms with E-state index in [1.165, 1.54) is 13.2 Å². The molecule has 0 radical (unpaired) electrons. The zero-order valence-electron chi connectivity index (χ0n) is 18.0. The Morgan fingerprint density at radius 3 is 2.42 bits per heavy atom. The lowest BCUT2D eigenvalue weighted by atomic mass is 10.0. The minimum atomic E-state index is -3.93. The summed E-state index contributed by atoms with van der Waals surface area (Å²) >= 11 is 0. The average molecular weight is 463 g/mol. The maximum atomic E-state index is 13.3. The normalized spacial score (nSPS) is 11.2. The van der Waals surface area contributed by atoms with E-state index in [0.29, 0.717) is 28.1 Å². The van der Waals surface area contributed by atoms with Gasteiger partial charge in [0.25, 0.3) is 10.0 Å². The van der Waals surface area contributed by atoms with Crippen molar-refractivity contribution in [1.82, 2.24) is 9.55 Å². The second kappa shape index (κ2) is 8.79. The maximum absolute atomic E-state index is 13.3. The molecule has 0 aliphatic carbocycles. The number of aromatic nitrogens is 2. The predicted octanol–water partition coefficient (Wildman–Crippen LogP) is 3.76. The summed E-state index contributed by atoms with van der Waals surface area (Å²) in [6.07, 6.45) is 3.51. The van der Waals surface area contributed by atoms with Gasteiger partial charge in [-0.25, -0.2) is 13.4 Å². The number of nitrogens with two attached hydrogens (primary N) is 1. The minimum absolute atomic E-state index is 0.102. The van der Waals surface area contributed by atoms with Gasteiger partial charge in [-0.05, 0) is 42.8 Å². The van der Waals surface area contributed by atoms with E-state index in [4.69, 9.17) is 10.5 Å². The fourth-order valence-corrected chi connectivity index (χ4v) is 4.75. The van der Waals surface area contributed by atoms with Crippen molar-refractivity contribution < 1.29 is 17.9 Å². The highest BCUT2D eigenvalue weighted by molar-refractivity contribution is 7.92. The molecule has 1 aromatic heterocycles. The van der Waals surface area contributed by atoms with Crippen LogP contribution >= 0.6 is 0 Å². The Balaban J connectivity index is 1.68. The number of methoxy groups -OCH3 is 1. The van der Waals surface area contributed by atoms with Crippen molar-refractivity contribution in [1.29, 1.82) is 0 Å². The number of aryl methyl sites for hydroxylation is 1. The number of carbonyl (C=O) groups is 1. The molecule has 1 amide bonds. The van der Waals surface area contributed by atoms with Crippen LogP contribution in [0.4, 0.5) is 5.69 Å². The molecule has 0 bridgehead atoms. The van der Waals surface area contributed by atoms with E-state index in [9.17, 15) is 13.2 Å². The van der Waals surface area contributed by atoms with Crippen molar-refractivity contribution in [2.24, 2.45) is 5.73 Å². The first-order valence-corrected chi connectivity index (χ1v) is 11.5. The van der Waals surface area contributed by atoms with Gasteiger partial charge in [0.2, 0.25) is 5.91 Å². The van der Waals surface area contributed by atoms with Gasteiger partial charge in [-0.3, -0.25) is 9.52 Å². The molecule has 0 saturated carbocycles. The van der Waals surface area contributed by atoms with E-state index in [-0.39, 0.29) is 4.90 Å². The predicted molar refractivity (Wildman–Crippen MR) is 126 cm³/mol. The molecule has 0 unspecified atom stereocenters. The number of nitrogens with one attached hydrogen (secondary N) is 1. The molecule has 0 saturated heterocycles. The Kier molecular flexibility index (Phi) is 5.89. The molecule has 0 fully saturated rings. The summed E-state index contributed by atoms with van der Waals surface area (Å²) in [6, 6.07) is 18.1. The molecule has 4 aromatic rings. The summed E-state index contributed by atoms with van der Waals surface area (Å²) < 4.78 is 36.5. The van der Waals surface area contributed by atoms with Crippen molar-refractivity contribution >= 4 is 21.6 Å². The quantitative estimate of drug-likeness (QED) is 0.434. The summed E-state index contributed by atoms with van der Waals surface area (Å²) in [5.41, 5.74) is 8.72. The molecule has 0 spiro atoms. The summed E-state index contributed by atoms with van der Waals surface area (Å²) in [7, 11) is -2.41. The number of hydrogen-bond donors (Lipinski definition) is 2. The van der Waals surface area contributed by atoms with E-state index in [1.807, 2.05) is 13.1 Å². The SMILES string of the molecule is COc1cc(NS(=O)(=O)c2ccccc2-c2ccc(C(N)=O)cc2)ccc1-n1cnc(C)c1. The lowest BCUT2D eigenvalue weighted by molar-refractivity contribution is 0.100. The van der Waals surface area contributed by atoms with Gasteiger partial charge in [-0.1, -0.05) is 30.3 Å². The zero-order valence-corrected chi connectivity index (χ0v) is 18.8. The molecule has 33 heavy (non-hydrogen) atoms. The Labute approximate surface area is 191 Å². The summed E-state index contributed by atoms with van der Waals surface area (Å²) in [6.45, 7) is 1.88. The fraction of sp³-hybridized carbons (Fsp3) is 0.0833. The number of sulfonamides is 1. The third-order valence-corrected chi connectivity index (χ3v) is 6.52. The van der Waals surface area contributed by atoms with Gasteiger partial charge in [0.05, 0.1) is 35.4 Å². The van der Waals surface area contributed by atoms with Gasteiger partial charge in [0.1, 0.15) is 5.75 Å². The summed E-state index contributed by atoms with van der Waals surface area (Å²) in [4.78, 5) is 15.7. The van der Waals surface area contributed by atoms with Gasteiger partial charge in [0, 0.05) is 23.4 Å². The standard InChI is InChI=1S/C24H22N4O4S/c1-16-14-28(15-26-16)21-12-11-19(13-22(21)32-2)27-33(30,31)23-6-4-3-5-20(23)17-7-9-18(10-8-17)24(25)29/h3-15,27H,1-2H3,(H2,25,29). The Morgan fingerprint density at radius 2 is 1.79 bits per heavy atom. The highest BCUT2D eigenvalue weighted by Crippen LogP contribution is 2.31. The largest absolute Gasteiger partial charge is 0.494 e. The van der Waals surface area contributed by atoms with E-state index in [1.54, 1.807) is 71.6 Å². The molecule has 4 rings (SSSR count). The second-order valence-corrected chi connectivity index (χ2v) is 9.00. The van der Waals surface area contributed by atoms with Crippen molar-refractivity contribution in [3.8, 4) is 22.6 Å². The van der Waals surface area contributed by atoms with E-state index in [0.717, 1.165) is 11.4 Å². The highest BCUT2D eigenvalue weighted by atomic mass is 32.2. The first-order chi connectivity index (χ1) is 15.8. The van der Waals surface area contributed by atoms with Crippen LogP contribution in [0.15, 0.2) is 84.1 Å². The Bertz CT molecular complexity index is 1430. The van der Waals surface area contributed by atoms with Gasteiger partial charge >= 0.3 is 0 Å². The molecule has 3 N–H and O–H groups in total. The number of amides is 1. The first kappa shape index (κ1) is 22.1. The Hall–Kier alpha value is -4.11. The van der Waals surface area contributed by atoms with Gasteiger partial charge in [0.15, 0.2) is 0 Å². The second-order valence-electron chi connectivity index (χ2n) is 7.35. The van der Waals surface area contributed by atoms with E-state index < -0.39 is 15.9 Å². The van der Waals surface area contributed by atoms with Crippen LogP contribution in [0.2, 0.25) is 0 Å². The molecule has 168 valence electrons. The van der Waals surface area contributed by atoms with Crippen molar-refractivity contribution in [3.63, 3.8) is 0 Å². The molecule has 8 nitrogen and oxygen atoms in total. The average Bonchev–Trinajstić information content (AvgIpc) is 3.24. The number of nitrogens with zero attached hydrogens (tertiary/aromatic N) is 2. The molecule has 3 aromatic carbocycles. The summed E-state index contributed by atoms with van der Waals surface area (Å²) in [5, 5.41) is 0. The molecule has 1 heterocycles. The van der Waals surface area contributed by atoms with Crippen LogP contribution in [-0.4, -0.2) is 31.0 Å². The van der Waals surface area contributed by atoms with Crippen molar-refractivity contribution in [2.45, 2.75) is 11.8 Å². The third-order valence-electron chi connectivity index (χ3n) is 5.08. The molecule has 0 aliphatic heterocycles. The fourth-order valence-electron chi connectivity index (χ4n) is 3.47. The molecular formula is C24H22N4O4S. The smallest absolute Gasteiger partial charge is 0.262 e. The van der Waals surface area contributed by atoms with Gasteiger partial charge < -0.3 is 15.0 Å². The number of rotatable bonds is 7. The van der Waals surface area contributed by atoms with Crippen molar-refractivity contribution in [2.75, 3.05) is 11.8 Å². The maximum Gasteiger partial charge on any atom is 0.262 e. The van der Waals surface area contributed by atoms with Crippen LogP contribution in [0.3, 0.4) is 0 Å². The minimum Gasteiger partial charge on any atom is -0.494 e. The number of carbonyl (C=O) groups excluding carboxylic acids is 1. The number of benzene rings is 3. The number of primary amides is 1. The highest BCUT2D eigenvalue weighted by Gasteiger charge is 2.20. The molecular weight excluding hydrogens is 440 g/mol. The van der Waals surface area contributed by atoms with E-state index in [2.05, 4.69) is 9.71 Å². The lowest BCUT2D eigenvalue weighted by Crippen LogP contribution is -2.14. The van der Waals surface area contributed by atoms with Crippen LogP contribution in [0, 0.1) is 6.92 Å². The molecule has 0 aliphatic rings. The van der Waals surface area contributed by atoms with Gasteiger partial charge in [-0.2, -0.15) is 0 Å². The van der Waals surface area contributed by atoms with Gasteiger partial charge in [-0.15, -0.1) is 0 Å². The third kappa shape index (κ3) is 4.58. The molecule has 9 heteroatoms. The number of imidazole rings is 1. The van der Waals surface area contributed by atoms with Crippen molar-refractivity contribution in [3.05, 3.63) is 90.5 Å². The monoisotopic (exact) mass is 462 g/mol. The molecule has 0 atom stereocenters. The van der Waals surface area contributed by atoms with Crippen LogP contribution < -0.4 is 15.2 Å².